The van der Waals surface area contributed by atoms with E-state index in [2.05, 4.69) is 15.5 Å². The Hall–Kier alpha value is -3.15. The Labute approximate surface area is 139 Å². The van der Waals surface area contributed by atoms with Gasteiger partial charge in [0.05, 0.1) is 12.8 Å². The number of aromatic nitrogens is 2. The molecular weight excluding hydrogens is 306 g/mol. The topological polar surface area (TPSA) is 77.2 Å². The maximum Gasteiger partial charge on any atom is 0.255 e. The summed E-state index contributed by atoms with van der Waals surface area (Å²) < 4.78 is 10.3. The van der Waals surface area contributed by atoms with Crippen LogP contribution in [0.4, 0.5) is 5.69 Å². The number of nitrogens with one attached hydrogen (secondary N) is 1. The van der Waals surface area contributed by atoms with Gasteiger partial charge in [0.15, 0.2) is 0 Å². The predicted molar refractivity (Wildman–Crippen MR) is 90.2 cm³/mol. The number of ether oxygens (including phenoxy) is 1. The summed E-state index contributed by atoms with van der Waals surface area (Å²) in [5.74, 6) is 1.31. The molecule has 0 radical (unpaired) electrons. The highest BCUT2D eigenvalue weighted by Crippen LogP contribution is 2.26. The third-order valence-electron chi connectivity index (χ3n) is 3.51. The first-order chi connectivity index (χ1) is 11.6. The van der Waals surface area contributed by atoms with Crippen molar-refractivity contribution in [2.24, 2.45) is 0 Å². The molecule has 6 nitrogen and oxygen atoms in total. The highest BCUT2D eigenvalue weighted by atomic mass is 16.5. The number of aryl methyl sites for hydroxylation is 2. The molecule has 1 amide bonds. The SMILES string of the molecule is COc1ccc(C)cc1NC(=O)c1cccc(-c2noc(C)n2)c1. The van der Waals surface area contributed by atoms with Crippen LogP contribution in [0.25, 0.3) is 11.4 Å². The molecule has 1 N–H and O–H groups in total. The summed E-state index contributed by atoms with van der Waals surface area (Å²) in [5.41, 5.74) is 2.87. The maximum absolute atomic E-state index is 12.6. The average Bonchev–Trinajstić information content (AvgIpc) is 3.02. The molecule has 24 heavy (non-hydrogen) atoms. The van der Waals surface area contributed by atoms with Crippen molar-refractivity contribution < 1.29 is 14.1 Å². The molecule has 1 heterocycles. The van der Waals surface area contributed by atoms with E-state index in [0.717, 1.165) is 11.1 Å². The van der Waals surface area contributed by atoms with Crippen LogP contribution in [0, 0.1) is 13.8 Å². The van der Waals surface area contributed by atoms with E-state index in [1.165, 1.54) is 0 Å². The number of hydrogen-bond acceptors (Lipinski definition) is 5. The number of carbonyl (C=O) groups excluding carboxylic acids is 1. The Morgan fingerprint density at radius 1 is 1.17 bits per heavy atom. The Kier molecular flexibility index (Phi) is 4.29. The molecule has 122 valence electrons. The lowest BCUT2D eigenvalue weighted by Crippen LogP contribution is -2.12. The van der Waals surface area contributed by atoms with E-state index >= 15 is 0 Å². The van der Waals surface area contributed by atoms with E-state index in [1.807, 2.05) is 31.2 Å². The third-order valence-corrected chi connectivity index (χ3v) is 3.51. The van der Waals surface area contributed by atoms with Crippen LogP contribution in [-0.2, 0) is 0 Å². The van der Waals surface area contributed by atoms with Gasteiger partial charge in [-0.2, -0.15) is 4.98 Å². The fourth-order valence-electron chi connectivity index (χ4n) is 2.33. The van der Waals surface area contributed by atoms with Gasteiger partial charge < -0.3 is 14.6 Å². The summed E-state index contributed by atoms with van der Waals surface area (Å²) in [5, 5.41) is 6.75. The van der Waals surface area contributed by atoms with Crippen molar-refractivity contribution in [1.29, 1.82) is 0 Å². The monoisotopic (exact) mass is 323 g/mol. The minimum absolute atomic E-state index is 0.235. The van der Waals surface area contributed by atoms with E-state index in [9.17, 15) is 4.79 Å². The van der Waals surface area contributed by atoms with Crippen LogP contribution in [0.15, 0.2) is 47.0 Å². The van der Waals surface area contributed by atoms with E-state index in [4.69, 9.17) is 9.26 Å². The van der Waals surface area contributed by atoms with E-state index in [1.54, 1.807) is 32.2 Å². The highest BCUT2D eigenvalue weighted by Gasteiger charge is 2.12. The van der Waals surface area contributed by atoms with Gasteiger partial charge in [0.25, 0.3) is 5.91 Å². The largest absolute Gasteiger partial charge is 0.495 e. The molecule has 6 heteroatoms. The minimum Gasteiger partial charge on any atom is -0.495 e. The maximum atomic E-state index is 12.6. The summed E-state index contributed by atoms with van der Waals surface area (Å²) in [6.45, 7) is 3.67. The standard InChI is InChI=1S/C18H17N3O3/c1-11-7-8-16(23-3)15(9-11)20-18(22)14-6-4-5-13(10-14)17-19-12(2)24-21-17/h4-10H,1-3H3,(H,20,22). The molecule has 2 aromatic carbocycles. The molecule has 0 aliphatic rings. The first-order valence-electron chi connectivity index (χ1n) is 7.43. The summed E-state index contributed by atoms with van der Waals surface area (Å²) in [7, 11) is 1.57. The van der Waals surface area contributed by atoms with Gasteiger partial charge >= 0.3 is 0 Å². The van der Waals surface area contributed by atoms with Crippen molar-refractivity contribution in [2.45, 2.75) is 13.8 Å². The summed E-state index contributed by atoms with van der Waals surface area (Å²) in [4.78, 5) is 16.7. The van der Waals surface area contributed by atoms with Crippen LogP contribution in [-0.4, -0.2) is 23.2 Å². The average molecular weight is 323 g/mol. The lowest BCUT2D eigenvalue weighted by Gasteiger charge is -2.11. The fourth-order valence-corrected chi connectivity index (χ4v) is 2.33. The van der Waals surface area contributed by atoms with Crippen LogP contribution < -0.4 is 10.1 Å². The van der Waals surface area contributed by atoms with Crippen molar-refractivity contribution in [3.8, 4) is 17.1 Å². The number of carbonyl (C=O) groups is 1. The van der Waals surface area contributed by atoms with Crippen molar-refractivity contribution in [3.05, 3.63) is 59.5 Å². The molecule has 3 rings (SSSR count). The number of benzene rings is 2. The van der Waals surface area contributed by atoms with Crippen LogP contribution in [0.2, 0.25) is 0 Å². The molecule has 0 fully saturated rings. The van der Waals surface area contributed by atoms with Gasteiger partial charge in [0.2, 0.25) is 11.7 Å². The number of nitrogens with zero attached hydrogens (tertiary/aromatic N) is 2. The molecule has 0 saturated heterocycles. The lowest BCUT2D eigenvalue weighted by atomic mass is 10.1. The lowest BCUT2D eigenvalue weighted by molar-refractivity contribution is 0.102. The second kappa shape index (κ2) is 6.54. The molecule has 0 bridgehead atoms. The second-order valence-electron chi connectivity index (χ2n) is 5.38. The Balaban J connectivity index is 1.87. The summed E-state index contributed by atoms with van der Waals surface area (Å²) >= 11 is 0. The molecule has 0 aliphatic carbocycles. The normalized spacial score (nSPS) is 10.5. The number of rotatable bonds is 4. The zero-order chi connectivity index (χ0) is 17.1. The molecule has 0 unspecified atom stereocenters. The van der Waals surface area contributed by atoms with Crippen molar-refractivity contribution in [1.82, 2.24) is 10.1 Å². The Bertz CT molecular complexity index is 887. The number of amides is 1. The Morgan fingerprint density at radius 2 is 2.00 bits per heavy atom. The first-order valence-corrected chi connectivity index (χ1v) is 7.43. The van der Waals surface area contributed by atoms with Crippen molar-refractivity contribution in [2.75, 3.05) is 12.4 Å². The van der Waals surface area contributed by atoms with Gasteiger partial charge in [-0.3, -0.25) is 4.79 Å². The van der Waals surface area contributed by atoms with Crippen LogP contribution in [0.1, 0.15) is 21.8 Å². The minimum atomic E-state index is -0.235. The van der Waals surface area contributed by atoms with E-state index < -0.39 is 0 Å². The zero-order valence-corrected chi connectivity index (χ0v) is 13.7. The molecule has 3 aromatic rings. The van der Waals surface area contributed by atoms with Gasteiger partial charge in [-0.1, -0.05) is 23.4 Å². The number of hydrogen-bond donors (Lipinski definition) is 1. The smallest absolute Gasteiger partial charge is 0.255 e. The molecule has 0 atom stereocenters. The van der Waals surface area contributed by atoms with Gasteiger partial charge in [0.1, 0.15) is 5.75 Å². The molecule has 0 saturated carbocycles. The second-order valence-corrected chi connectivity index (χ2v) is 5.38. The van der Waals surface area contributed by atoms with Crippen LogP contribution in [0.5, 0.6) is 5.75 Å². The quantitative estimate of drug-likeness (QED) is 0.793. The fraction of sp³-hybridized carbons (Fsp3) is 0.167. The third kappa shape index (κ3) is 3.27. The van der Waals surface area contributed by atoms with Gasteiger partial charge in [-0.15, -0.1) is 0 Å². The summed E-state index contributed by atoms with van der Waals surface area (Å²) in [6, 6.07) is 12.7. The van der Waals surface area contributed by atoms with E-state index in [0.29, 0.717) is 28.7 Å². The van der Waals surface area contributed by atoms with Crippen molar-refractivity contribution >= 4 is 11.6 Å². The van der Waals surface area contributed by atoms with Crippen molar-refractivity contribution in [3.63, 3.8) is 0 Å². The highest BCUT2D eigenvalue weighted by molar-refractivity contribution is 6.05. The Morgan fingerprint density at radius 3 is 2.71 bits per heavy atom. The van der Waals surface area contributed by atoms with Gasteiger partial charge in [-0.05, 0) is 36.8 Å². The number of anilines is 1. The van der Waals surface area contributed by atoms with Crippen LogP contribution in [0.3, 0.4) is 0 Å². The molecule has 1 aromatic heterocycles. The molecule has 0 spiro atoms. The zero-order valence-electron chi connectivity index (χ0n) is 13.7. The van der Waals surface area contributed by atoms with Gasteiger partial charge in [-0.25, -0.2) is 0 Å². The summed E-state index contributed by atoms with van der Waals surface area (Å²) in [6.07, 6.45) is 0. The molecular formula is C18H17N3O3. The first kappa shape index (κ1) is 15.7. The predicted octanol–water partition coefficient (Wildman–Crippen LogP) is 3.61. The van der Waals surface area contributed by atoms with Gasteiger partial charge in [0, 0.05) is 18.1 Å². The molecule has 0 aliphatic heterocycles. The van der Waals surface area contributed by atoms with E-state index in [-0.39, 0.29) is 5.91 Å². The number of methoxy groups -OCH3 is 1. The van der Waals surface area contributed by atoms with Crippen LogP contribution >= 0.6 is 0 Å².